The maximum Gasteiger partial charge on any atom is 0.254 e. The monoisotopic (exact) mass is 391 g/mol. The number of hydrogen-bond donors (Lipinski definition) is 2. The predicted molar refractivity (Wildman–Crippen MR) is 112 cm³/mol. The number of hydrogen-bond acceptors (Lipinski definition) is 5. The highest BCUT2D eigenvalue weighted by atomic mass is 35.5. The number of H-pyrrole nitrogens is 1. The average Bonchev–Trinajstić information content (AvgIpc) is 2.68. The number of rotatable bonds is 4. The first-order valence-corrected chi connectivity index (χ1v) is 9.21. The van der Waals surface area contributed by atoms with E-state index in [2.05, 4.69) is 25.3 Å². The molecule has 6 nitrogen and oxygen atoms in total. The highest BCUT2D eigenvalue weighted by Crippen LogP contribution is 2.25. The normalized spacial score (nSPS) is 12.1. The maximum absolute atomic E-state index is 12.5. The van der Waals surface area contributed by atoms with Crippen LogP contribution < -0.4 is 10.9 Å². The summed E-state index contributed by atoms with van der Waals surface area (Å²) in [5.41, 5.74) is 4.12. The zero-order valence-corrected chi connectivity index (χ0v) is 16.2. The summed E-state index contributed by atoms with van der Waals surface area (Å²) in [6.45, 7) is 3.94. The average molecular weight is 392 g/mol. The fraction of sp³-hybridized carbons (Fsp3) is 0.143. The zero-order valence-electron chi connectivity index (χ0n) is 15.4. The Kier molecular flexibility index (Phi) is 4.79. The van der Waals surface area contributed by atoms with Gasteiger partial charge in [-0.25, -0.2) is 9.97 Å². The molecule has 1 unspecified atom stereocenters. The van der Waals surface area contributed by atoms with Gasteiger partial charge < -0.3 is 10.3 Å². The van der Waals surface area contributed by atoms with Gasteiger partial charge in [0.1, 0.15) is 11.5 Å². The summed E-state index contributed by atoms with van der Waals surface area (Å²) in [4.78, 5) is 28.0. The number of fused-ring (bicyclic) bond motifs is 1. The molecule has 2 N–H and O–H groups in total. The molecule has 4 heterocycles. The Bertz CT molecular complexity index is 1220. The van der Waals surface area contributed by atoms with Gasteiger partial charge in [-0.15, -0.1) is 0 Å². The fourth-order valence-electron chi connectivity index (χ4n) is 3.18. The van der Waals surface area contributed by atoms with Crippen LogP contribution in [0.5, 0.6) is 0 Å². The van der Waals surface area contributed by atoms with Crippen LogP contribution in [0.1, 0.15) is 24.1 Å². The van der Waals surface area contributed by atoms with Gasteiger partial charge in [-0.1, -0.05) is 11.6 Å². The number of halogens is 1. The van der Waals surface area contributed by atoms with Crippen molar-refractivity contribution in [1.82, 2.24) is 19.9 Å². The van der Waals surface area contributed by atoms with E-state index in [1.54, 1.807) is 18.5 Å². The van der Waals surface area contributed by atoms with Gasteiger partial charge in [-0.05, 0) is 60.9 Å². The quantitative estimate of drug-likeness (QED) is 0.534. The Morgan fingerprint density at radius 1 is 1.11 bits per heavy atom. The largest absolute Gasteiger partial charge is 0.363 e. The molecule has 4 rings (SSSR count). The van der Waals surface area contributed by atoms with E-state index in [4.69, 9.17) is 11.6 Å². The van der Waals surface area contributed by atoms with Gasteiger partial charge in [-0.3, -0.25) is 9.78 Å². The van der Waals surface area contributed by atoms with Crippen molar-refractivity contribution >= 4 is 28.5 Å². The first-order valence-electron chi connectivity index (χ1n) is 8.83. The first kappa shape index (κ1) is 18.1. The van der Waals surface area contributed by atoms with Gasteiger partial charge in [0.2, 0.25) is 0 Å². The SMILES string of the molecule is Cc1cnccc1-c1ccnc(NC(C)c2cc3cc(Cl)cnc3[nH]c2=O)c1. The number of nitrogens with one attached hydrogen (secondary N) is 2. The van der Waals surface area contributed by atoms with Crippen LogP contribution in [0.2, 0.25) is 5.02 Å². The lowest BCUT2D eigenvalue weighted by molar-refractivity contribution is 0.856. The van der Waals surface area contributed by atoms with E-state index in [0.717, 1.165) is 22.1 Å². The lowest BCUT2D eigenvalue weighted by Crippen LogP contribution is -2.20. The van der Waals surface area contributed by atoms with E-state index in [0.29, 0.717) is 22.1 Å². The highest BCUT2D eigenvalue weighted by Gasteiger charge is 2.13. The van der Waals surface area contributed by atoms with E-state index in [9.17, 15) is 4.79 Å². The van der Waals surface area contributed by atoms with Gasteiger partial charge >= 0.3 is 0 Å². The Hall–Kier alpha value is -3.25. The smallest absolute Gasteiger partial charge is 0.254 e. The molecule has 0 aliphatic carbocycles. The second-order valence-electron chi connectivity index (χ2n) is 6.63. The molecule has 0 aliphatic heterocycles. The summed E-state index contributed by atoms with van der Waals surface area (Å²) in [6, 6.07) is 9.22. The number of aromatic nitrogens is 4. The molecule has 4 aromatic rings. The molecule has 0 saturated heterocycles. The first-order chi connectivity index (χ1) is 13.5. The van der Waals surface area contributed by atoms with Crippen LogP contribution in [0.15, 0.2) is 59.9 Å². The van der Waals surface area contributed by atoms with Gasteiger partial charge in [0.15, 0.2) is 0 Å². The Morgan fingerprint density at radius 3 is 2.79 bits per heavy atom. The van der Waals surface area contributed by atoms with Crippen molar-refractivity contribution in [1.29, 1.82) is 0 Å². The molecule has 0 saturated carbocycles. The van der Waals surface area contributed by atoms with E-state index in [1.807, 2.05) is 44.3 Å². The third kappa shape index (κ3) is 3.59. The van der Waals surface area contributed by atoms with Crippen molar-refractivity contribution in [3.8, 4) is 11.1 Å². The van der Waals surface area contributed by atoms with E-state index < -0.39 is 0 Å². The molecule has 0 fully saturated rings. The third-order valence-corrected chi connectivity index (χ3v) is 4.82. The molecule has 28 heavy (non-hydrogen) atoms. The topological polar surface area (TPSA) is 83.6 Å². The van der Waals surface area contributed by atoms with E-state index in [1.165, 1.54) is 6.20 Å². The van der Waals surface area contributed by atoms with Crippen molar-refractivity contribution in [2.75, 3.05) is 5.32 Å². The molecule has 0 radical (unpaired) electrons. The molecular formula is C21H18ClN5O. The predicted octanol–water partition coefficient (Wildman–Crippen LogP) is 4.52. The van der Waals surface area contributed by atoms with Gasteiger partial charge in [0.05, 0.1) is 11.1 Å². The van der Waals surface area contributed by atoms with Crippen molar-refractivity contribution in [2.24, 2.45) is 0 Å². The molecule has 1 atom stereocenters. The van der Waals surface area contributed by atoms with Crippen molar-refractivity contribution in [3.05, 3.63) is 81.6 Å². The molecule has 0 aromatic carbocycles. The molecule has 0 aliphatic rings. The summed E-state index contributed by atoms with van der Waals surface area (Å²) in [5.74, 6) is 0.685. The van der Waals surface area contributed by atoms with Crippen LogP contribution >= 0.6 is 11.6 Å². The molecule has 7 heteroatoms. The molecule has 140 valence electrons. The minimum Gasteiger partial charge on any atom is -0.363 e. The number of aromatic amines is 1. The van der Waals surface area contributed by atoms with Gasteiger partial charge in [-0.2, -0.15) is 0 Å². The summed E-state index contributed by atoms with van der Waals surface area (Å²) < 4.78 is 0. The van der Waals surface area contributed by atoms with Crippen LogP contribution in [0.4, 0.5) is 5.82 Å². The lowest BCUT2D eigenvalue weighted by Gasteiger charge is -2.15. The second kappa shape index (κ2) is 7.40. The Labute approximate surface area is 166 Å². The lowest BCUT2D eigenvalue weighted by atomic mass is 10.0. The summed E-state index contributed by atoms with van der Waals surface area (Å²) >= 11 is 6.02. The highest BCUT2D eigenvalue weighted by molar-refractivity contribution is 6.31. The third-order valence-electron chi connectivity index (χ3n) is 4.61. The van der Waals surface area contributed by atoms with Crippen LogP contribution in [0, 0.1) is 6.92 Å². The minimum absolute atomic E-state index is 0.191. The molecule has 0 spiro atoms. The van der Waals surface area contributed by atoms with Gasteiger partial charge in [0, 0.05) is 35.7 Å². The van der Waals surface area contributed by atoms with Crippen LogP contribution in [-0.2, 0) is 0 Å². The molecule has 4 aromatic heterocycles. The standard InChI is InChI=1S/C21H18ClN5O/c1-12-10-23-5-4-17(12)14-3-6-24-19(9-14)26-13(2)18-8-15-7-16(22)11-25-20(15)27-21(18)28/h3-11,13H,1-2H3,(H,24,26)(H,25,27,28). The Morgan fingerprint density at radius 2 is 1.96 bits per heavy atom. The van der Waals surface area contributed by atoms with Crippen LogP contribution in [0.25, 0.3) is 22.2 Å². The summed E-state index contributed by atoms with van der Waals surface area (Å²) in [5, 5.41) is 4.61. The zero-order chi connectivity index (χ0) is 19.7. The van der Waals surface area contributed by atoms with Crippen LogP contribution in [0.3, 0.4) is 0 Å². The number of aryl methyl sites for hydroxylation is 1. The van der Waals surface area contributed by atoms with E-state index >= 15 is 0 Å². The number of pyridine rings is 4. The molecule has 0 amide bonds. The van der Waals surface area contributed by atoms with Crippen molar-refractivity contribution in [2.45, 2.75) is 19.9 Å². The summed E-state index contributed by atoms with van der Waals surface area (Å²) in [6.07, 6.45) is 6.86. The van der Waals surface area contributed by atoms with Crippen molar-refractivity contribution < 1.29 is 0 Å². The number of anilines is 1. The van der Waals surface area contributed by atoms with E-state index in [-0.39, 0.29) is 11.6 Å². The van der Waals surface area contributed by atoms with Crippen molar-refractivity contribution in [3.63, 3.8) is 0 Å². The number of nitrogens with zero attached hydrogens (tertiary/aromatic N) is 3. The molecule has 0 bridgehead atoms. The second-order valence-corrected chi connectivity index (χ2v) is 7.07. The maximum atomic E-state index is 12.5. The minimum atomic E-state index is -0.256. The Balaban J connectivity index is 1.66. The summed E-state index contributed by atoms with van der Waals surface area (Å²) in [7, 11) is 0. The van der Waals surface area contributed by atoms with Crippen LogP contribution in [-0.4, -0.2) is 19.9 Å². The fourth-order valence-corrected chi connectivity index (χ4v) is 3.34. The molecular weight excluding hydrogens is 374 g/mol. The van der Waals surface area contributed by atoms with Gasteiger partial charge in [0.25, 0.3) is 5.56 Å².